The zero-order chi connectivity index (χ0) is 13.8. The van der Waals surface area contributed by atoms with E-state index in [0.29, 0.717) is 11.7 Å². The molecule has 2 rings (SSSR count). The predicted molar refractivity (Wildman–Crippen MR) is 74.4 cm³/mol. The lowest BCUT2D eigenvalue weighted by Gasteiger charge is -2.09. The van der Waals surface area contributed by atoms with Crippen molar-refractivity contribution in [1.29, 1.82) is 0 Å². The molecular weight excluding hydrogens is 264 g/mol. The molecule has 0 saturated carbocycles. The lowest BCUT2D eigenvalue weighted by atomic mass is 10.2. The van der Waals surface area contributed by atoms with Crippen molar-refractivity contribution in [3.63, 3.8) is 0 Å². The van der Waals surface area contributed by atoms with Crippen LogP contribution in [-0.2, 0) is 0 Å². The van der Waals surface area contributed by atoms with Crippen molar-refractivity contribution in [2.24, 2.45) is 0 Å². The molecule has 0 N–H and O–H groups in total. The van der Waals surface area contributed by atoms with Gasteiger partial charge in [-0.3, -0.25) is 0 Å². The standard InChI is InChI=1S/C14H17ClN2O2/c1-4-12(15)13-16-14(19-17-13)10-6-5-7-11(8-10)18-9(2)3/h5-9,12H,4H2,1-3H3. The van der Waals surface area contributed by atoms with Crippen LogP contribution in [0, 0.1) is 0 Å². The molecule has 0 aliphatic carbocycles. The van der Waals surface area contributed by atoms with E-state index in [0.717, 1.165) is 17.7 Å². The summed E-state index contributed by atoms with van der Waals surface area (Å²) in [6.07, 6.45) is 0.887. The molecule has 1 unspecified atom stereocenters. The van der Waals surface area contributed by atoms with E-state index in [9.17, 15) is 0 Å². The number of nitrogens with zero attached hydrogens (tertiary/aromatic N) is 2. The Labute approximate surface area is 117 Å². The number of hydrogen-bond acceptors (Lipinski definition) is 4. The molecule has 5 heteroatoms. The zero-order valence-corrected chi connectivity index (χ0v) is 12.0. The number of alkyl halides is 1. The van der Waals surface area contributed by atoms with Crippen LogP contribution in [0.15, 0.2) is 28.8 Å². The number of hydrogen-bond donors (Lipinski definition) is 0. The Morgan fingerprint density at radius 2 is 2.16 bits per heavy atom. The molecule has 0 amide bonds. The quantitative estimate of drug-likeness (QED) is 0.770. The highest BCUT2D eigenvalue weighted by molar-refractivity contribution is 6.20. The maximum Gasteiger partial charge on any atom is 0.258 e. The highest BCUT2D eigenvalue weighted by atomic mass is 35.5. The van der Waals surface area contributed by atoms with Crippen LogP contribution in [0.2, 0.25) is 0 Å². The van der Waals surface area contributed by atoms with Gasteiger partial charge in [0.05, 0.1) is 11.5 Å². The summed E-state index contributed by atoms with van der Waals surface area (Å²) in [6.45, 7) is 5.94. The Morgan fingerprint density at radius 1 is 1.37 bits per heavy atom. The molecule has 1 heterocycles. The van der Waals surface area contributed by atoms with Gasteiger partial charge >= 0.3 is 0 Å². The van der Waals surface area contributed by atoms with Crippen molar-refractivity contribution in [2.75, 3.05) is 0 Å². The second-order valence-electron chi connectivity index (χ2n) is 4.53. The Kier molecular flexibility index (Phi) is 4.43. The van der Waals surface area contributed by atoms with Gasteiger partial charge in [0.15, 0.2) is 5.82 Å². The molecule has 2 aromatic rings. The van der Waals surface area contributed by atoms with Crippen LogP contribution in [0.1, 0.15) is 38.4 Å². The molecular formula is C14H17ClN2O2. The van der Waals surface area contributed by atoms with Gasteiger partial charge in [-0.25, -0.2) is 0 Å². The van der Waals surface area contributed by atoms with Gasteiger partial charge in [0, 0.05) is 5.56 Å². The summed E-state index contributed by atoms with van der Waals surface area (Å²) in [5.74, 6) is 1.77. The predicted octanol–water partition coefficient (Wildman–Crippen LogP) is 4.21. The largest absolute Gasteiger partial charge is 0.491 e. The minimum Gasteiger partial charge on any atom is -0.491 e. The van der Waals surface area contributed by atoms with Crippen LogP contribution in [0.25, 0.3) is 11.5 Å². The molecule has 0 bridgehead atoms. The summed E-state index contributed by atoms with van der Waals surface area (Å²) in [4.78, 5) is 4.31. The monoisotopic (exact) mass is 280 g/mol. The second-order valence-corrected chi connectivity index (χ2v) is 5.05. The van der Waals surface area contributed by atoms with E-state index in [2.05, 4.69) is 10.1 Å². The van der Waals surface area contributed by atoms with Gasteiger partial charge in [0.25, 0.3) is 5.89 Å². The Morgan fingerprint density at radius 3 is 2.84 bits per heavy atom. The van der Waals surface area contributed by atoms with Crippen LogP contribution < -0.4 is 4.74 Å². The SMILES string of the molecule is CCC(Cl)c1noc(-c2cccc(OC(C)C)c2)n1. The first-order valence-corrected chi connectivity index (χ1v) is 6.78. The maximum absolute atomic E-state index is 6.08. The Hall–Kier alpha value is -1.55. The van der Waals surface area contributed by atoms with Crippen molar-refractivity contribution < 1.29 is 9.26 Å². The molecule has 0 aliphatic rings. The van der Waals surface area contributed by atoms with E-state index in [1.165, 1.54) is 0 Å². The third kappa shape index (κ3) is 3.47. The van der Waals surface area contributed by atoms with E-state index >= 15 is 0 Å². The first-order chi connectivity index (χ1) is 9.10. The summed E-state index contributed by atoms with van der Waals surface area (Å²) in [5, 5.41) is 3.68. The smallest absolute Gasteiger partial charge is 0.258 e. The van der Waals surface area contributed by atoms with Crippen molar-refractivity contribution in [3.05, 3.63) is 30.1 Å². The molecule has 0 spiro atoms. The molecule has 0 saturated heterocycles. The number of benzene rings is 1. The van der Waals surface area contributed by atoms with Gasteiger partial charge < -0.3 is 9.26 Å². The molecule has 4 nitrogen and oxygen atoms in total. The highest BCUT2D eigenvalue weighted by Gasteiger charge is 2.15. The first-order valence-electron chi connectivity index (χ1n) is 6.35. The molecule has 1 aromatic carbocycles. The lowest BCUT2D eigenvalue weighted by Crippen LogP contribution is -2.05. The van der Waals surface area contributed by atoms with Gasteiger partial charge in [-0.15, -0.1) is 11.6 Å². The average Bonchev–Trinajstić information content (AvgIpc) is 2.87. The number of halogens is 1. The molecule has 0 radical (unpaired) electrons. The average molecular weight is 281 g/mol. The van der Waals surface area contributed by atoms with Gasteiger partial charge in [0.2, 0.25) is 0 Å². The fourth-order valence-electron chi connectivity index (χ4n) is 1.64. The molecule has 1 atom stereocenters. The lowest BCUT2D eigenvalue weighted by molar-refractivity contribution is 0.242. The van der Waals surface area contributed by atoms with Gasteiger partial charge in [0.1, 0.15) is 5.75 Å². The van der Waals surface area contributed by atoms with E-state index in [1.54, 1.807) is 0 Å². The summed E-state index contributed by atoms with van der Waals surface area (Å²) < 4.78 is 10.9. The topological polar surface area (TPSA) is 48.2 Å². The van der Waals surface area contributed by atoms with E-state index in [4.69, 9.17) is 20.9 Å². The van der Waals surface area contributed by atoms with E-state index in [1.807, 2.05) is 45.0 Å². The van der Waals surface area contributed by atoms with Crippen LogP contribution >= 0.6 is 11.6 Å². The third-order valence-corrected chi connectivity index (χ3v) is 3.04. The van der Waals surface area contributed by atoms with Crippen molar-refractivity contribution >= 4 is 11.6 Å². The summed E-state index contributed by atoms with van der Waals surface area (Å²) in [5.41, 5.74) is 0.830. The minimum absolute atomic E-state index is 0.126. The fourth-order valence-corrected chi connectivity index (χ4v) is 1.73. The van der Waals surface area contributed by atoms with E-state index in [-0.39, 0.29) is 11.5 Å². The van der Waals surface area contributed by atoms with Crippen LogP contribution in [0.4, 0.5) is 0 Å². The van der Waals surface area contributed by atoms with Gasteiger partial charge in [-0.05, 0) is 38.5 Å². The van der Waals surface area contributed by atoms with Crippen molar-refractivity contribution in [2.45, 2.75) is 38.7 Å². The summed E-state index contributed by atoms with van der Waals surface area (Å²) >= 11 is 6.08. The molecule has 102 valence electrons. The summed E-state index contributed by atoms with van der Waals surface area (Å²) in [7, 11) is 0. The molecule has 0 fully saturated rings. The van der Waals surface area contributed by atoms with Crippen molar-refractivity contribution in [3.8, 4) is 17.2 Å². The van der Waals surface area contributed by atoms with Crippen LogP contribution in [-0.4, -0.2) is 16.2 Å². The van der Waals surface area contributed by atoms with Gasteiger partial charge in [-0.2, -0.15) is 4.98 Å². The number of ether oxygens (including phenoxy) is 1. The third-order valence-electron chi connectivity index (χ3n) is 2.53. The Balaban J connectivity index is 2.24. The number of rotatable bonds is 5. The molecule has 1 aromatic heterocycles. The summed E-state index contributed by atoms with van der Waals surface area (Å²) in [6, 6.07) is 7.58. The normalized spacial score (nSPS) is 12.7. The Bertz CT molecular complexity index is 540. The second kappa shape index (κ2) is 6.06. The van der Waals surface area contributed by atoms with Crippen molar-refractivity contribution in [1.82, 2.24) is 10.1 Å². The minimum atomic E-state index is -0.215. The van der Waals surface area contributed by atoms with Crippen LogP contribution in [0.3, 0.4) is 0 Å². The highest BCUT2D eigenvalue weighted by Crippen LogP contribution is 2.26. The number of aromatic nitrogens is 2. The van der Waals surface area contributed by atoms with Crippen LogP contribution in [0.5, 0.6) is 5.75 Å². The molecule has 0 aliphatic heterocycles. The molecule has 19 heavy (non-hydrogen) atoms. The van der Waals surface area contributed by atoms with Gasteiger partial charge in [-0.1, -0.05) is 18.1 Å². The maximum atomic E-state index is 6.08. The zero-order valence-electron chi connectivity index (χ0n) is 11.3. The first kappa shape index (κ1) is 13.9. The fraction of sp³-hybridized carbons (Fsp3) is 0.429. The van der Waals surface area contributed by atoms with E-state index < -0.39 is 0 Å².